The number of hydrogen-bond donors (Lipinski definition) is 1. The Hall–Kier alpha value is -1.84. The van der Waals surface area contributed by atoms with E-state index in [1.54, 1.807) is 24.3 Å². The highest BCUT2D eigenvalue weighted by atomic mass is 16.3. The number of hydrogen-bond acceptors (Lipinski definition) is 3. The number of ketones is 1. The van der Waals surface area contributed by atoms with Gasteiger partial charge >= 0.3 is 0 Å². The van der Waals surface area contributed by atoms with Gasteiger partial charge in [0.25, 0.3) is 0 Å². The van der Waals surface area contributed by atoms with Gasteiger partial charge in [-0.2, -0.15) is 0 Å². The van der Waals surface area contributed by atoms with Crippen LogP contribution in [0.4, 0.5) is 0 Å². The molecule has 1 N–H and O–H groups in total. The molecule has 112 valence electrons. The van der Waals surface area contributed by atoms with Gasteiger partial charge in [0, 0.05) is 30.5 Å². The zero-order chi connectivity index (χ0) is 15.0. The summed E-state index contributed by atoms with van der Waals surface area (Å²) < 4.78 is 0. The van der Waals surface area contributed by atoms with Crippen LogP contribution in [-0.2, 0) is 4.79 Å². The fraction of sp³-hybridized carbons (Fsp3) is 0.529. The van der Waals surface area contributed by atoms with Gasteiger partial charge in [-0.3, -0.25) is 9.59 Å². The van der Waals surface area contributed by atoms with Crippen molar-refractivity contribution in [1.29, 1.82) is 0 Å². The van der Waals surface area contributed by atoms with E-state index in [-0.39, 0.29) is 29.3 Å². The van der Waals surface area contributed by atoms with Gasteiger partial charge in [0.2, 0.25) is 5.91 Å². The molecule has 4 nitrogen and oxygen atoms in total. The van der Waals surface area contributed by atoms with E-state index in [9.17, 15) is 14.7 Å². The van der Waals surface area contributed by atoms with Gasteiger partial charge in [0.05, 0.1) is 0 Å². The first kappa shape index (κ1) is 14.1. The van der Waals surface area contributed by atoms with Crippen molar-refractivity contribution in [1.82, 2.24) is 4.90 Å². The Morgan fingerprint density at radius 3 is 2.24 bits per heavy atom. The first-order valence-electron chi connectivity index (χ1n) is 7.68. The van der Waals surface area contributed by atoms with E-state index in [2.05, 4.69) is 6.92 Å². The van der Waals surface area contributed by atoms with Crippen molar-refractivity contribution in [3.8, 4) is 5.75 Å². The number of benzene rings is 1. The van der Waals surface area contributed by atoms with Crippen LogP contribution in [0.2, 0.25) is 0 Å². The average Bonchev–Trinajstić information content (AvgIpc) is 3.24. The van der Waals surface area contributed by atoms with E-state index in [1.165, 1.54) is 0 Å². The van der Waals surface area contributed by atoms with Crippen LogP contribution in [0.15, 0.2) is 24.3 Å². The normalized spacial score (nSPS) is 25.7. The molecule has 0 bridgehead atoms. The zero-order valence-corrected chi connectivity index (χ0v) is 12.3. The largest absolute Gasteiger partial charge is 0.508 e. The molecule has 0 aromatic heterocycles. The van der Waals surface area contributed by atoms with Crippen LogP contribution in [0.5, 0.6) is 5.75 Å². The molecular formula is C17H21NO3. The summed E-state index contributed by atoms with van der Waals surface area (Å²) >= 11 is 0. The molecule has 21 heavy (non-hydrogen) atoms. The lowest BCUT2D eigenvalue weighted by Crippen LogP contribution is -2.41. The summed E-state index contributed by atoms with van der Waals surface area (Å²) in [6.07, 6.45) is 2.50. The molecule has 4 heteroatoms. The van der Waals surface area contributed by atoms with Crippen molar-refractivity contribution in [2.75, 3.05) is 13.1 Å². The molecule has 1 saturated carbocycles. The number of Topliss-reactive ketones (excluding diaryl/α,β-unsaturated/α-hetero) is 1. The van der Waals surface area contributed by atoms with Gasteiger partial charge in [-0.1, -0.05) is 6.92 Å². The number of aromatic hydroxyl groups is 1. The van der Waals surface area contributed by atoms with E-state index in [4.69, 9.17) is 0 Å². The van der Waals surface area contributed by atoms with Crippen molar-refractivity contribution in [2.45, 2.75) is 26.2 Å². The monoisotopic (exact) mass is 287 g/mol. The molecule has 2 fully saturated rings. The maximum absolute atomic E-state index is 12.4. The highest BCUT2D eigenvalue weighted by Crippen LogP contribution is 2.39. The number of carbonyl (C=O) groups excluding carboxylic acids is 2. The number of piperidine rings is 1. The molecule has 1 saturated heterocycles. The molecule has 1 aromatic rings. The molecule has 0 spiro atoms. The maximum atomic E-state index is 12.4. The Labute approximate surface area is 124 Å². The van der Waals surface area contributed by atoms with Gasteiger partial charge < -0.3 is 10.0 Å². The smallest absolute Gasteiger partial charge is 0.225 e. The van der Waals surface area contributed by atoms with Gasteiger partial charge in [-0.05, 0) is 49.4 Å². The van der Waals surface area contributed by atoms with Crippen molar-refractivity contribution in [2.24, 2.45) is 17.8 Å². The maximum Gasteiger partial charge on any atom is 0.225 e. The van der Waals surface area contributed by atoms with Crippen molar-refractivity contribution < 1.29 is 14.7 Å². The molecule has 1 aliphatic heterocycles. The molecule has 0 unspecified atom stereocenters. The highest BCUT2D eigenvalue weighted by Gasteiger charge is 2.42. The number of phenols is 1. The second kappa shape index (κ2) is 5.51. The first-order valence-corrected chi connectivity index (χ1v) is 7.68. The lowest BCUT2D eigenvalue weighted by molar-refractivity contribution is -0.134. The third-order valence-corrected chi connectivity index (χ3v) is 4.76. The zero-order valence-electron chi connectivity index (χ0n) is 12.3. The summed E-state index contributed by atoms with van der Waals surface area (Å²) in [5.41, 5.74) is 0.647. The van der Waals surface area contributed by atoms with Crippen LogP contribution in [0.25, 0.3) is 0 Å². The molecular weight excluding hydrogens is 266 g/mol. The molecule has 1 heterocycles. The summed E-state index contributed by atoms with van der Waals surface area (Å²) in [7, 11) is 0. The lowest BCUT2D eigenvalue weighted by Gasteiger charge is -2.31. The van der Waals surface area contributed by atoms with Gasteiger partial charge in [0.1, 0.15) is 5.75 Å². The predicted octanol–water partition coefficient (Wildman–Crippen LogP) is 2.47. The standard InChI is InChI=1S/C17H21NO3/c1-11-10-15(11)17(21)18-8-6-13(7-9-18)16(20)12-2-4-14(19)5-3-12/h2-5,11,13,15,19H,6-10H2,1H3/t11-,15+/m0/s1. The number of carbonyl (C=O) groups is 2. The van der Waals surface area contributed by atoms with Crippen LogP contribution in [0, 0.1) is 17.8 Å². The first-order chi connectivity index (χ1) is 10.1. The number of nitrogens with zero attached hydrogens (tertiary/aromatic N) is 1. The third kappa shape index (κ3) is 2.94. The van der Waals surface area contributed by atoms with Crippen LogP contribution < -0.4 is 0 Å². The predicted molar refractivity (Wildman–Crippen MR) is 79.0 cm³/mol. The molecule has 0 radical (unpaired) electrons. The molecule has 3 rings (SSSR count). The molecule has 1 aromatic carbocycles. The Kier molecular flexibility index (Phi) is 3.70. The number of rotatable bonds is 3. The topological polar surface area (TPSA) is 57.6 Å². The molecule has 2 atom stereocenters. The summed E-state index contributed by atoms with van der Waals surface area (Å²) in [6.45, 7) is 3.50. The summed E-state index contributed by atoms with van der Waals surface area (Å²) in [5.74, 6) is 1.34. The number of amides is 1. The lowest BCUT2D eigenvalue weighted by atomic mass is 9.88. The van der Waals surface area contributed by atoms with E-state index in [0.717, 1.165) is 19.3 Å². The number of phenolic OH excluding ortho intramolecular Hbond substituents is 1. The van der Waals surface area contributed by atoms with E-state index < -0.39 is 0 Å². The van der Waals surface area contributed by atoms with E-state index in [0.29, 0.717) is 24.6 Å². The van der Waals surface area contributed by atoms with Gasteiger partial charge in [-0.25, -0.2) is 0 Å². The van der Waals surface area contributed by atoms with E-state index in [1.807, 2.05) is 4.90 Å². The van der Waals surface area contributed by atoms with Crippen molar-refractivity contribution in [3.05, 3.63) is 29.8 Å². The molecule has 2 aliphatic rings. The van der Waals surface area contributed by atoms with E-state index >= 15 is 0 Å². The van der Waals surface area contributed by atoms with Crippen LogP contribution in [-0.4, -0.2) is 34.8 Å². The average molecular weight is 287 g/mol. The second-order valence-corrected chi connectivity index (χ2v) is 6.33. The quantitative estimate of drug-likeness (QED) is 0.869. The molecule has 1 aliphatic carbocycles. The Morgan fingerprint density at radius 2 is 1.71 bits per heavy atom. The minimum Gasteiger partial charge on any atom is -0.508 e. The van der Waals surface area contributed by atoms with Crippen LogP contribution in [0.1, 0.15) is 36.5 Å². The summed E-state index contributed by atoms with van der Waals surface area (Å²) in [6, 6.07) is 6.42. The van der Waals surface area contributed by atoms with Crippen LogP contribution >= 0.6 is 0 Å². The van der Waals surface area contributed by atoms with Gasteiger partial charge in [0.15, 0.2) is 5.78 Å². The highest BCUT2D eigenvalue weighted by molar-refractivity contribution is 5.98. The SMILES string of the molecule is C[C@H]1C[C@H]1C(=O)N1CCC(C(=O)c2ccc(O)cc2)CC1. The Bertz CT molecular complexity index is 544. The fourth-order valence-electron chi connectivity index (χ4n) is 3.12. The number of likely N-dealkylation sites (tertiary alicyclic amines) is 1. The van der Waals surface area contributed by atoms with Crippen molar-refractivity contribution >= 4 is 11.7 Å². The van der Waals surface area contributed by atoms with Crippen LogP contribution in [0.3, 0.4) is 0 Å². The summed E-state index contributed by atoms with van der Waals surface area (Å²) in [4.78, 5) is 26.5. The minimum atomic E-state index is -0.00443. The fourth-order valence-corrected chi connectivity index (χ4v) is 3.12. The second-order valence-electron chi connectivity index (χ2n) is 6.33. The van der Waals surface area contributed by atoms with Crippen molar-refractivity contribution in [3.63, 3.8) is 0 Å². The third-order valence-electron chi connectivity index (χ3n) is 4.76. The minimum absolute atomic E-state index is 0.00443. The molecule has 1 amide bonds. The summed E-state index contributed by atoms with van der Waals surface area (Å²) in [5, 5.41) is 9.27. The Morgan fingerprint density at radius 1 is 1.14 bits per heavy atom. The Balaban J connectivity index is 1.56. The van der Waals surface area contributed by atoms with Gasteiger partial charge in [-0.15, -0.1) is 0 Å².